The lowest BCUT2D eigenvalue weighted by Gasteiger charge is -2.63. The largest absolute Gasteiger partial charge is 0.452 e. The summed E-state index contributed by atoms with van der Waals surface area (Å²) in [6.45, 7) is 8.64. The molecule has 4 nitrogen and oxygen atoms in total. The van der Waals surface area contributed by atoms with E-state index in [1.807, 2.05) is 6.92 Å². The summed E-state index contributed by atoms with van der Waals surface area (Å²) in [5.74, 6) is 2.16. The first-order valence-electron chi connectivity index (χ1n) is 12.4. The fourth-order valence-electron chi connectivity index (χ4n) is 8.45. The van der Waals surface area contributed by atoms with Gasteiger partial charge >= 0.3 is 5.97 Å². The van der Waals surface area contributed by atoms with Crippen LogP contribution in [-0.4, -0.2) is 28.6 Å². The van der Waals surface area contributed by atoms with Crippen molar-refractivity contribution in [2.45, 2.75) is 102 Å². The summed E-state index contributed by atoms with van der Waals surface area (Å²) < 4.78 is 13.2. The number of rotatable bonds is 5. The van der Waals surface area contributed by atoms with Crippen molar-refractivity contribution < 1.29 is 19.1 Å². The number of fused-ring (bicyclic) bond motifs is 8. The van der Waals surface area contributed by atoms with Gasteiger partial charge in [0.15, 0.2) is 11.4 Å². The quantitative estimate of drug-likeness (QED) is 0.456. The van der Waals surface area contributed by atoms with Crippen molar-refractivity contribution in [3.8, 4) is 0 Å². The van der Waals surface area contributed by atoms with Crippen molar-refractivity contribution in [1.82, 2.24) is 0 Å². The highest BCUT2D eigenvalue weighted by Gasteiger charge is 2.89. The third kappa shape index (κ3) is 2.61. The number of ether oxygens (including phenoxy) is 2. The van der Waals surface area contributed by atoms with Crippen LogP contribution in [0.15, 0.2) is 12.2 Å². The molecule has 0 aromatic carbocycles. The zero-order valence-corrected chi connectivity index (χ0v) is 19.1. The summed E-state index contributed by atoms with van der Waals surface area (Å²) in [5.41, 5.74) is -2.06. The molecule has 5 aliphatic rings. The second-order valence-corrected chi connectivity index (χ2v) is 11.6. The Balaban J connectivity index is 1.48. The van der Waals surface area contributed by atoms with Crippen LogP contribution in [-0.2, 0) is 19.1 Å². The molecule has 2 aliphatic heterocycles. The van der Waals surface area contributed by atoms with Crippen molar-refractivity contribution in [1.29, 1.82) is 0 Å². The summed E-state index contributed by atoms with van der Waals surface area (Å²) in [7, 11) is 0. The Labute approximate surface area is 181 Å². The number of ketones is 1. The molecular weight excluding hydrogens is 376 g/mol. The molecule has 0 spiro atoms. The number of esters is 1. The number of hydrogen-bond acceptors (Lipinski definition) is 4. The van der Waals surface area contributed by atoms with Crippen LogP contribution in [0.2, 0.25) is 0 Å². The molecule has 30 heavy (non-hydrogen) atoms. The summed E-state index contributed by atoms with van der Waals surface area (Å²) in [6.07, 6.45) is 13.4. The molecule has 166 valence electrons. The molecule has 3 saturated carbocycles. The van der Waals surface area contributed by atoms with E-state index >= 15 is 0 Å². The smallest absolute Gasteiger partial charge is 0.331 e. The molecule has 0 aromatic heterocycles. The van der Waals surface area contributed by atoms with Crippen molar-refractivity contribution in [2.75, 3.05) is 0 Å². The number of hydrogen-bond donors (Lipinski definition) is 0. The van der Waals surface area contributed by atoms with Crippen molar-refractivity contribution >= 4 is 11.8 Å². The van der Waals surface area contributed by atoms with Crippen LogP contribution < -0.4 is 0 Å². The summed E-state index contributed by atoms with van der Waals surface area (Å²) in [4.78, 5) is 26.2. The van der Waals surface area contributed by atoms with Gasteiger partial charge in [0, 0.05) is 24.3 Å². The molecule has 2 saturated heterocycles. The Morgan fingerprint density at radius 2 is 1.93 bits per heavy atom. The third-order valence-corrected chi connectivity index (χ3v) is 9.29. The number of carbonyl (C=O) groups is 2. The van der Waals surface area contributed by atoms with Gasteiger partial charge in [-0.2, -0.15) is 0 Å². The van der Waals surface area contributed by atoms with Gasteiger partial charge in [-0.15, -0.1) is 0 Å². The first kappa shape index (κ1) is 20.7. The van der Waals surface area contributed by atoms with E-state index in [-0.39, 0.29) is 17.7 Å². The molecule has 0 aromatic rings. The molecule has 2 heterocycles. The van der Waals surface area contributed by atoms with Crippen LogP contribution in [0.4, 0.5) is 0 Å². The Bertz CT molecular complexity index is 765. The summed E-state index contributed by atoms with van der Waals surface area (Å²) in [6, 6.07) is 0. The van der Waals surface area contributed by atoms with Gasteiger partial charge in [-0.05, 0) is 62.7 Å². The van der Waals surface area contributed by atoms with Gasteiger partial charge in [0.05, 0.1) is 0 Å². The lowest BCUT2D eigenvalue weighted by molar-refractivity contribution is -0.254. The topological polar surface area (TPSA) is 52.6 Å². The van der Waals surface area contributed by atoms with E-state index in [0.717, 1.165) is 19.3 Å². The van der Waals surface area contributed by atoms with Crippen molar-refractivity contribution in [3.05, 3.63) is 12.2 Å². The van der Waals surface area contributed by atoms with Crippen LogP contribution in [0.25, 0.3) is 0 Å². The van der Waals surface area contributed by atoms with E-state index in [1.54, 1.807) is 6.08 Å². The van der Waals surface area contributed by atoms with Crippen LogP contribution in [0.5, 0.6) is 0 Å². The van der Waals surface area contributed by atoms with Crippen molar-refractivity contribution in [3.63, 3.8) is 0 Å². The Morgan fingerprint density at radius 3 is 2.63 bits per heavy atom. The van der Waals surface area contributed by atoms with Crippen molar-refractivity contribution in [2.24, 2.45) is 35.5 Å². The van der Waals surface area contributed by atoms with Gasteiger partial charge in [-0.25, -0.2) is 4.79 Å². The Kier molecular flexibility index (Phi) is 4.78. The minimum atomic E-state index is -0.784. The van der Waals surface area contributed by atoms with Crippen LogP contribution in [0, 0.1) is 35.5 Å². The van der Waals surface area contributed by atoms with E-state index in [2.05, 4.69) is 26.8 Å². The number of Topliss-reactive ketones (excluding diaryl/α,β-unsaturated/α-hetero) is 1. The molecule has 3 aliphatic carbocycles. The minimum absolute atomic E-state index is 0.0204. The Hall–Kier alpha value is -1.16. The number of carbonyl (C=O) groups excluding carboxylic acids is 2. The minimum Gasteiger partial charge on any atom is -0.452 e. The standard InChI is InChI=1S/C26H38O4/c1-16(2)14-25-15-20(27)24(4,30-25)23-19-12-10-17(3)22(19)26(23,25)29-21(28)13-11-18-8-6-5-7-9-18/h11,13,16-19,22-23H,5-10,12,14-15H2,1-4H3/b13-11+. The van der Waals surface area contributed by atoms with E-state index in [0.29, 0.717) is 36.0 Å². The molecule has 5 fully saturated rings. The first-order valence-corrected chi connectivity index (χ1v) is 12.4. The molecule has 7 atom stereocenters. The fraction of sp³-hybridized carbons (Fsp3) is 0.846. The monoisotopic (exact) mass is 414 g/mol. The molecule has 4 heteroatoms. The average molecular weight is 415 g/mol. The zero-order valence-electron chi connectivity index (χ0n) is 19.1. The first-order chi connectivity index (χ1) is 14.2. The Morgan fingerprint density at radius 1 is 1.20 bits per heavy atom. The molecule has 0 radical (unpaired) electrons. The second kappa shape index (κ2) is 6.92. The molecule has 5 rings (SSSR count). The van der Waals surface area contributed by atoms with Crippen LogP contribution in [0.1, 0.15) is 85.5 Å². The average Bonchev–Trinajstić information content (AvgIpc) is 3.18. The molecule has 0 N–H and O–H groups in total. The molecular formula is C26H38O4. The maximum atomic E-state index is 13.2. The summed E-state index contributed by atoms with van der Waals surface area (Å²) >= 11 is 0. The predicted octanol–water partition coefficient (Wildman–Crippen LogP) is 5.24. The maximum absolute atomic E-state index is 13.2. The molecule has 0 amide bonds. The lowest BCUT2D eigenvalue weighted by Crippen LogP contribution is -2.76. The van der Waals surface area contributed by atoms with Gasteiger partial charge in [-0.1, -0.05) is 46.1 Å². The normalized spacial score (nSPS) is 47.6. The van der Waals surface area contributed by atoms with Gasteiger partial charge < -0.3 is 9.47 Å². The predicted molar refractivity (Wildman–Crippen MR) is 115 cm³/mol. The molecule has 7 unspecified atom stereocenters. The van der Waals surface area contributed by atoms with E-state index in [4.69, 9.17) is 9.47 Å². The summed E-state index contributed by atoms with van der Waals surface area (Å²) in [5, 5.41) is 0. The van der Waals surface area contributed by atoms with Gasteiger partial charge in [-0.3, -0.25) is 4.79 Å². The van der Waals surface area contributed by atoms with Crippen LogP contribution >= 0.6 is 0 Å². The highest BCUT2D eigenvalue weighted by atomic mass is 16.6. The second-order valence-electron chi connectivity index (χ2n) is 11.6. The van der Waals surface area contributed by atoms with Gasteiger partial charge in [0.1, 0.15) is 11.2 Å². The van der Waals surface area contributed by atoms with E-state index in [9.17, 15) is 9.59 Å². The number of allylic oxidation sites excluding steroid dienone is 1. The maximum Gasteiger partial charge on any atom is 0.331 e. The fourth-order valence-corrected chi connectivity index (χ4v) is 8.45. The highest BCUT2D eigenvalue weighted by Crippen LogP contribution is 2.77. The SMILES string of the molecule is CC(C)CC12CC(=O)C(C)(O1)C1C3CCC(C)C3C12OC(=O)/C=C/C1CCCCC1. The van der Waals surface area contributed by atoms with Gasteiger partial charge in [0.25, 0.3) is 0 Å². The van der Waals surface area contributed by atoms with E-state index < -0.39 is 16.8 Å². The third-order valence-electron chi connectivity index (χ3n) is 9.29. The lowest BCUT2D eigenvalue weighted by atomic mass is 9.42. The van der Waals surface area contributed by atoms with Gasteiger partial charge in [0.2, 0.25) is 0 Å². The van der Waals surface area contributed by atoms with E-state index in [1.165, 1.54) is 32.1 Å². The van der Waals surface area contributed by atoms with Crippen LogP contribution in [0.3, 0.4) is 0 Å². The molecule has 2 bridgehead atoms. The highest BCUT2D eigenvalue weighted by molar-refractivity contribution is 5.94. The zero-order chi connectivity index (χ0) is 21.3.